The summed E-state index contributed by atoms with van der Waals surface area (Å²) < 4.78 is 0. The molecule has 0 aliphatic carbocycles. The number of carbonyl (C=O) groups excluding carboxylic acids is 2. The van der Waals surface area contributed by atoms with Crippen molar-refractivity contribution in [1.82, 2.24) is 5.32 Å². The van der Waals surface area contributed by atoms with Crippen molar-refractivity contribution in [2.24, 2.45) is 10.7 Å². The molecule has 0 saturated carbocycles. The molecular weight excluding hydrogens is 234 g/mol. The monoisotopic (exact) mass is 245 g/mol. The van der Waals surface area contributed by atoms with E-state index in [0.29, 0.717) is 0 Å². The van der Waals surface area contributed by atoms with Gasteiger partial charge in [-0.05, 0) is 0 Å². The average Bonchev–Trinajstić information content (AvgIpc) is 2.44. The number of carbonyl (C=O) groups is 3. The molecule has 0 radical (unpaired) electrons. The number of rotatable bonds is 5. The first-order valence-electron chi connectivity index (χ1n) is 4.52. The highest BCUT2D eigenvalue weighted by molar-refractivity contribution is 8.15. The van der Waals surface area contributed by atoms with Crippen molar-refractivity contribution in [1.29, 1.82) is 0 Å². The molecule has 0 saturated heterocycles. The van der Waals surface area contributed by atoms with Gasteiger partial charge in [0.15, 0.2) is 5.17 Å². The zero-order valence-electron chi connectivity index (χ0n) is 8.30. The number of hydrogen-bond donors (Lipinski definition) is 3. The second-order valence-corrected chi connectivity index (χ2v) is 4.32. The summed E-state index contributed by atoms with van der Waals surface area (Å²) in [6.45, 7) is 0.0517. The molecule has 16 heavy (non-hydrogen) atoms. The summed E-state index contributed by atoms with van der Waals surface area (Å²) in [5.41, 5.74) is 5.31. The maximum atomic E-state index is 11.3. The average molecular weight is 245 g/mol. The smallest absolute Gasteiger partial charge is 0.305 e. The highest BCUT2D eigenvalue weighted by Crippen LogP contribution is 2.22. The molecule has 8 heteroatoms. The van der Waals surface area contributed by atoms with Crippen LogP contribution < -0.4 is 11.1 Å². The topological polar surface area (TPSA) is 122 Å². The Morgan fingerprint density at radius 1 is 1.56 bits per heavy atom. The largest absolute Gasteiger partial charge is 0.481 e. The van der Waals surface area contributed by atoms with Crippen LogP contribution in [-0.4, -0.2) is 39.9 Å². The maximum absolute atomic E-state index is 11.3. The number of thioether (sulfide) groups is 1. The molecule has 0 aromatic heterocycles. The lowest BCUT2D eigenvalue weighted by molar-refractivity contribution is -0.137. The van der Waals surface area contributed by atoms with Crippen molar-refractivity contribution in [2.45, 2.75) is 18.1 Å². The van der Waals surface area contributed by atoms with Gasteiger partial charge < -0.3 is 16.2 Å². The second kappa shape index (κ2) is 5.50. The second-order valence-electron chi connectivity index (χ2n) is 3.09. The van der Waals surface area contributed by atoms with Gasteiger partial charge in [0.1, 0.15) is 5.25 Å². The van der Waals surface area contributed by atoms with Crippen LogP contribution >= 0.6 is 11.8 Å². The van der Waals surface area contributed by atoms with Crippen molar-refractivity contribution in [3.05, 3.63) is 0 Å². The Balaban J connectivity index is 2.25. The standard InChI is InChI=1S/C8H11N3O4S/c9-8-11-7(15)4(16-8)3-5(12)10-2-1-6(13)14/h4H,1-3H2,(H,10,12)(H,13,14)(H2,9,11,15)/t4-/m0/s1. The van der Waals surface area contributed by atoms with Crippen LogP contribution in [0, 0.1) is 0 Å². The molecule has 88 valence electrons. The number of nitrogens with zero attached hydrogens (tertiary/aromatic N) is 1. The maximum Gasteiger partial charge on any atom is 0.305 e. The van der Waals surface area contributed by atoms with E-state index in [4.69, 9.17) is 10.8 Å². The zero-order chi connectivity index (χ0) is 12.1. The van der Waals surface area contributed by atoms with Crippen molar-refractivity contribution < 1.29 is 19.5 Å². The fourth-order valence-corrected chi connectivity index (χ4v) is 1.90. The molecule has 7 nitrogen and oxygen atoms in total. The molecule has 0 bridgehead atoms. The predicted molar refractivity (Wildman–Crippen MR) is 57.9 cm³/mol. The summed E-state index contributed by atoms with van der Waals surface area (Å²) >= 11 is 1.04. The van der Waals surface area contributed by atoms with E-state index in [2.05, 4.69) is 10.3 Å². The summed E-state index contributed by atoms with van der Waals surface area (Å²) in [6, 6.07) is 0. The van der Waals surface area contributed by atoms with Gasteiger partial charge in [-0.15, -0.1) is 0 Å². The third-order valence-corrected chi connectivity index (χ3v) is 2.78. The Kier molecular flexibility index (Phi) is 4.29. The lowest BCUT2D eigenvalue weighted by Crippen LogP contribution is -2.30. The van der Waals surface area contributed by atoms with Gasteiger partial charge in [-0.25, -0.2) is 0 Å². The van der Waals surface area contributed by atoms with E-state index in [-0.39, 0.29) is 30.5 Å². The number of nitrogens with one attached hydrogen (secondary N) is 1. The van der Waals surface area contributed by atoms with Gasteiger partial charge in [0.05, 0.1) is 6.42 Å². The lowest BCUT2D eigenvalue weighted by Gasteiger charge is -2.06. The first-order chi connectivity index (χ1) is 7.49. The van der Waals surface area contributed by atoms with E-state index in [1.54, 1.807) is 0 Å². The van der Waals surface area contributed by atoms with E-state index < -0.39 is 17.1 Å². The van der Waals surface area contributed by atoms with Gasteiger partial charge in [-0.2, -0.15) is 4.99 Å². The van der Waals surface area contributed by atoms with Gasteiger partial charge >= 0.3 is 5.97 Å². The third-order valence-electron chi connectivity index (χ3n) is 1.79. The summed E-state index contributed by atoms with van der Waals surface area (Å²) in [6.07, 6.45) is -0.177. The van der Waals surface area contributed by atoms with Crippen molar-refractivity contribution in [3.8, 4) is 0 Å². The molecule has 1 aliphatic rings. The van der Waals surface area contributed by atoms with E-state index in [1.165, 1.54) is 0 Å². The van der Waals surface area contributed by atoms with Crippen LogP contribution in [0.3, 0.4) is 0 Å². The molecule has 0 aromatic rings. The number of aliphatic imine (C=N–C) groups is 1. The normalized spacial score (nSPS) is 19.4. The third kappa shape index (κ3) is 3.89. The van der Waals surface area contributed by atoms with Crippen LogP contribution in [0.25, 0.3) is 0 Å². The van der Waals surface area contributed by atoms with E-state index >= 15 is 0 Å². The quantitative estimate of drug-likeness (QED) is 0.566. The molecule has 0 spiro atoms. The molecule has 1 atom stereocenters. The van der Waals surface area contributed by atoms with Gasteiger partial charge in [-0.1, -0.05) is 11.8 Å². The molecule has 2 amide bonds. The number of amidine groups is 1. The van der Waals surface area contributed by atoms with Gasteiger partial charge in [0.25, 0.3) is 5.91 Å². The number of carboxylic acid groups (broad SMARTS) is 1. The van der Waals surface area contributed by atoms with E-state index in [1.807, 2.05) is 0 Å². The SMILES string of the molecule is NC1=NC(=O)[C@H](CC(=O)NCCC(=O)O)S1. The van der Waals surface area contributed by atoms with Crippen molar-refractivity contribution in [3.63, 3.8) is 0 Å². The molecule has 1 heterocycles. The highest BCUT2D eigenvalue weighted by atomic mass is 32.2. The summed E-state index contributed by atoms with van der Waals surface area (Å²) in [7, 11) is 0. The summed E-state index contributed by atoms with van der Waals surface area (Å²) in [5.74, 6) is -1.79. The van der Waals surface area contributed by atoms with Gasteiger partial charge in [-0.3, -0.25) is 14.4 Å². The lowest BCUT2D eigenvalue weighted by atomic mass is 10.2. The molecule has 1 aliphatic heterocycles. The molecule has 4 N–H and O–H groups in total. The Hall–Kier alpha value is -1.57. The fraction of sp³-hybridized carbons (Fsp3) is 0.500. The summed E-state index contributed by atoms with van der Waals surface area (Å²) in [4.78, 5) is 36.1. The molecule has 1 rings (SSSR count). The number of amides is 2. The Morgan fingerprint density at radius 3 is 2.75 bits per heavy atom. The zero-order valence-corrected chi connectivity index (χ0v) is 9.12. The van der Waals surface area contributed by atoms with Crippen molar-refractivity contribution in [2.75, 3.05) is 6.54 Å². The Labute approximate surface area is 95.5 Å². The van der Waals surface area contributed by atoms with Gasteiger partial charge in [0.2, 0.25) is 5.91 Å². The highest BCUT2D eigenvalue weighted by Gasteiger charge is 2.28. The first kappa shape index (κ1) is 12.5. The molecule has 0 fully saturated rings. The number of hydrogen-bond acceptors (Lipinski definition) is 5. The first-order valence-corrected chi connectivity index (χ1v) is 5.40. The Morgan fingerprint density at radius 2 is 2.25 bits per heavy atom. The van der Waals surface area contributed by atoms with Crippen LogP contribution in [-0.2, 0) is 14.4 Å². The minimum atomic E-state index is -0.987. The Bertz CT molecular complexity index is 355. The minimum absolute atomic E-state index is 0.0344. The van der Waals surface area contributed by atoms with Crippen LogP contribution in [0.2, 0.25) is 0 Å². The predicted octanol–water partition coefficient (Wildman–Crippen LogP) is -1.08. The van der Waals surface area contributed by atoms with Crippen molar-refractivity contribution >= 4 is 34.7 Å². The van der Waals surface area contributed by atoms with Crippen LogP contribution in [0.1, 0.15) is 12.8 Å². The molecular formula is C8H11N3O4S. The number of carboxylic acids is 1. The number of aliphatic carboxylic acids is 1. The minimum Gasteiger partial charge on any atom is -0.481 e. The van der Waals surface area contributed by atoms with E-state index in [0.717, 1.165) is 11.8 Å². The number of nitrogens with two attached hydrogens (primary N) is 1. The molecule has 0 unspecified atom stereocenters. The summed E-state index contributed by atoms with van der Waals surface area (Å²) in [5, 5.41) is 10.3. The fourth-order valence-electron chi connectivity index (χ4n) is 1.08. The van der Waals surface area contributed by atoms with Crippen LogP contribution in [0.5, 0.6) is 0 Å². The van der Waals surface area contributed by atoms with Crippen LogP contribution in [0.15, 0.2) is 4.99 Å². The van der Waals surface area contributed by atoms with Crippen LogP contribution in [0.4, 0.5) is 0 Å². The van der Waals surface area contributed by atoms with Gasteiger partial charge in [0, 0.05) is 13.0 Å². The van der Waals surface area contributed by atoms with E-state index in [9.17, 15) is 14.4 Å². The molecule has 0 aromatic carbocycles.